The van der Waals surface area contributed by atoms with Crippen LogP contribution in [0.3, 0.4) is 0 Å². The molecule has 1 atom stereocenters. The molecule has 0 radical (unpaired) electrons. The summed E-state index contributed by atoms with van der Waals surface area (Å²) in [5.74, 6) is 2.93. The van der Waals surface area contributed by atoms with Crippen LogP contribution in [0, 0.1) is 12.8 Å². The maximum atomic E-state index is 6.14. The lowest BCUT2D eigenvalue weighted by atomic mass is 10.0. The zero-order valence-electron chi connectivity index (χ0n) is 14.2. The van der Waals surface area contributed by atoms with Gasteiger partial charge in [-0.15, -0.1) is 0 Å². The number of halogens is 2. The third-order valence-electron chi connectivity index (χ3n) is 4.06. The van der Waals surface area contributed by atoms with Crippen molar-refractivity contribution >= 4 is 23.2 Å². The zero-order valence-corrected chi connectivity index (χ0v) is 15.8. The fourth-order valence-corrected chi connectivity index (χ4v) is 3.22. The maximum Gasteiger partial charge on any atom is 0.146 e. The van der Waals surface area contributed by atoms with Crippen molar-refractivity contribution < 1.29 is 4.74 Å². The largest absolute Gasteiger partial charge is 0.456 e. The Morgan fingerprint density at radius 3 is 2.52 bits per heavy atom. The van der Waals surface area contributed by atoms with Gasteiger partial charge in [-0.25, -0.2) is 4.98 Å². The summed E-state index contributed by atoms with van der Waals surface area (Å²) in [4.78, 5) is 4.27. The smallest absolute Gasteiger partial charge is 0.146 e. The number of rotatable bonds is 6. The van der Waals surface area contributed by atoms with Crippen LogP contribution in [0.2, 0.25) is 10.0 Å². The summed E-state index contributed by atoms with van der Waals surface area (Å²) in [6.45, 7) is 5.24. The highest BCUT2D eigenvalue weighted by Crippen LogP contribution is 2.31. The molecule has 0 bridgehead atoms. The van der Waals surface area contributed by atoms with Gasteiger partial charge in [0.05, 0.1) is 5.02 Å². The molecule has 0 saturated carbocycles. The van der Waals surface area contributed by atoms with Crippen LogP contribution in [-0.4, -0.2) is 9.55 Å². The Balaban J connectivity index is 1.61. The lowest BCUT2D eigenvalue weighted by Crippen LogP contribution is -2.10. The van der Waals surface area contributed by atoms with E-state index in [0.29, 0.717) is 21.7 Å². The summed E-state index contributed by atoms with van der Waals surface area (Å²) in [5.41, 5.74) is 1.28. The summed E-state index contributed by atoms with van der Waals surface area (Å²) in [6.07, 6.45) is 4.87. The van der Waals surface area contributed by atoms with Crippen LogP contribution in [0.1, 0.15) is 18.3 Å². The molecule has 0 fully saturated rings. The van der Waals surface area contributed by atoms with Gasteiger partial charge in [0, 0.05) is 24.0 Å². The van der Waals surface area contributed by atoms with E-state index in [0.717, 1.165) is 24.5 Å². The topological polar surface area (TPSA) is 27.1 Å². The minimum absolute atomic E-state index is 0.501. The second-order valence-electron chi connectivity index (χ2n) is 6.26. The van der Waals surface area contributed by atoms with E-state index in [2.05, 4.69) is 28.6 Å². The number of hydrogen-bond acceptors (Lipinski definition) is 2. The number of imidazole rings is 1. The molecule has 2 aromatic carbocycles. The van der Waals surface area contributed by atoms with Gasteiger partial charge >= 0.3 is 0 Å². The van der Waals surface area contributed by atoms with Crippen LogP contribution < -0.4 is 4.74 Å². The SMILES string of the molecule is Cc1nccn1CC(C)Cc1ccc(Oc2ccc(Cl)cc2Cl)cc1. The number of hydrogen-bond donors (Lipinski definition) is 0. The Hall–Kier alpha value is -1.97. The maximum absolute atomic E-state index is 6.14. The highest BCUT2D eigenvalue weighted by atomic mass is 35.5. The van der Waals surface area contributed by atoms with E-state index in [4.69, 9.17) is 27.9 Å². The van der Waals surface area contributed by atoms with Gasteiger partial charge in [0.2, 0.25) is 0 Å². The molecule has 0 saturated heterocycles. The molecule has 5 heteroatoms. The van der Waals surface area contributed by atoms with Gasteiger partial charge in [0.25, 0.3) is 0 Å². The first-order valence-corrected chi connectivity index (χ1v) is 8.96. The van der Waals surface area contributed by atoms with E-state index in [1.165, 1.54) is 5.56 Å². The predicted octanol–water partition coefficient (Wildman–Crippen LogP) is 6.17. The summed E-state index contributed by atoms with van der Waals surface area (Å²) in [5, 5.41) is 1.09. The van der Waals surface area contributed by atoms with E-state index in [1.807, 2.05) is 31.5 Å². The molecule has 3 rings (SSSR count). The molecule has 1 heterocycles. The number of aryl methyl sites for hydroxylation is 1. The van der Waals surface area contributed by atoms with E-state index >= 15 is 0 Å². The third kappa shape index (κ3) is 4.77. The van der Waals surface area contributed by atoms with Crippen molar-refractivity contribution in [3.8, 4) is 11.5 Å². The van der Waals surface area contributed by atoms with E-state index in [-0.39, 0.29) is 0 Å². The molecule has 3 nitrogen and oxygen atoms in total. The monoisotopic (exact) mass is 374 g/mol. The molecular formula is C20H20Cl2N2O. The van der Waals surface area contributed by atoms with Crippen molar-refractivity contribution in [1.82, 2.24) is 9.55 Å². The Bertz CT molecular complexity index is 843. The Labute approximate surface area is 158 Å². The van der Waals surface area contributed by atoms with Gasteiger partial charge in [-0.2, -0.15) is 0 Å². The summed E-state index contributed by atoms with van der Waals surface area (Å²) in [6, 6.07) is 13.3. The van der Waals surface area contributed by atoms with Gasteiger partial charge in [-0.05, 0) is 55.2 Å². The van der Waals surface area contributed by atoms with Gasteiger partial charge in [0.1, 0.15) is 17.3 Å². The highest BCUT2D eigenvalue weighted by Gasteiger charge is 2.08. The quantitative estimate of drug-likeness (QED) is 0.515. The first-order valence-electron chi connectivity index (χ1n) is 8.21. The molecule has 130 valence electrons. The molecule has 0 aliphatic heterocycles. The van der Waals surface area contributed by atoms with Crippen LogP contribution in [0.15, 0.2) is 54.9 Å². The van der Waals surface area contributed by atoms with Gasteiger partial charge in [-0.1, -0.05) is 42.3 Å². The first kappa shape index (κ1) is 17.8. The lowest BCUT2D eigenvalue weighted by molar-refractivity contribution is 0.470. The first-order chi connectivity index (χ1) is 12.0. The molecule has 25 heavy (non-hydrogen) atoms. The lowest BCUT2D eigenvalue weighted by Gasteiger charge is -2.14. The standard InChI is InChI=1S/C20H20Cl2N2O/c1-14(13-24-10-9-23-15(24)2)11-16-3-6-18(7-4-16)25-20-8-5-17(21)12-19(20)22/h3-10,12,14H,11,13H2,1-2H3. The number of ether oxygens (including phenoxy) is 1. The predicted molar refractivity (Wildman–Crippen MR) is 103 cm³/mol. The zero-order chi connectivity index (χ0) is 17.8. The molecule has 0 spiro atoms. The minimum atomic E-state index is 0.501. The van der Waals surface area contributed by atoms with Crippen LogP contribution in [0.4, 0.5) is 0 Å². The Morgan fingerprint density at radius 2 is 1.88 bits per heavy atom. The molecule has 3 aromatic rings. The van der Waals surface area contributed by atoms with Gasteiger partial charge in [0.15, 0.2) is 0 Å². The van der Waals surface area contributed by atoms with E-state index in [1.54, 1.807) is 18.2 Å². The molecule has 0 N–H and O–H groups in total. The molecule has 0 aliphatic rings. The molecular weight excluding hydrogens is 355 g/mol. The summed E-state index contributed by atoms with van der Waals surface area (Å²) < 4.78 is 8.01. The van der Waals surface area contributed by atoms with Gasteiger partial charge in [-0.3, -0.25) is 0 Å². The van der Waals surface area contributed by atoms with E-state index in [9.17, 15) is 0 Å². The van der Waals surface area contributed by atoms with Crippen LogP contribution in [0.5, 0.6) is 11.5 Å². The molecule has 1 aromatic heterocycles. The van der Waals surface area contributed by atoms with Crippen molar-refractivity contribution in [3.05, 3.63) is 76.3 Å². The van der Waals surface area contributed by atoms with E-state index < -0.39 is 0 Å². The van der Waals surface area contributed by atoms with Crippen LogP contribution in [-0.2, 0) is 13.0 Å². The average molecular weight is 375 g/mol. The number of benzene rings is 2. The summed E-state index contributed by atoms with van der Waals surface area (Å²) in [7, 11) is 0. The van der Waals surface area contributed by atoms with Gasteiger partial charge < -0.3 is 9.30 Å². The average Bonchev–Trinajstić information content (AvgIpc) is 2.97. The third-order valence-corrected chi connectivity index (χ3v) is 4.59. The van der Waals surface area contributed by atoms with Crippen LogP contribution in [0.25, 0.3) is 0 Å². The summed E-state index contributed by atoms with van der Waals surface area (Å²) >= 11 is 12.0. The fraction of sp³-hybridized carbons (Fsp3) is 0.250. The highest BCUT2D eigenvalue weighted by molar-refractivity contribution is 6.35. The normalized spacial score (nSPS) is 12.2. The second kappa shape index (κ2) is 7.94. The Morgan fingerprint density at radius 1 is 1.12 bits per heavy atom. The van der Waals surface area contributed by atoms with Crippen molar-refractivity contribution in [2.45, 2.75) is 26.8 Å². The minimum Gasteiger partial charge on any atom is -0.456 e. The number of aromatic nitrogens is 2. The second-order valence-corrected chi connectivity index (χ2v) is 7.10. The molecule has 0 amide bonds. The Kier molecular flexibility index (Phi) is 5.67. The number of nitrogens with zero attached hydrogens (tertiary/aromatic N) is 2. The van der Waals surface area contributed by atoms with Crippen molar-refractivity contribution in [3.63, 3.8) is 0 Å². The van der Waals surface area contributed by atoms with Crippen molar-refractivity contribution in [2.24, 2.45) is 5.92 Å². The van der Waals surface area contributed by atoms with Crippen LogP contribution >= 0.6 is 23.2 Å². The van der Waals surface area contributed by atoms with Crippen molar-refractivity contribution in [1.29, 1.82) is 0 Å². The van der Waals surface area contributed by atoms with Crippen molar-refractivity contribution in [2.75, 3.05) is 0 Å². The molecule has 0 aliphatic carbocycles. The molecule has 1 unspecified atom stereocenters. The fourth-order valence-electron chi connectivity index (χ4n) is 2.78.